The summed E-state index contributed by atoms with van der Waals surface area (Å²) in [6.45, 7) is 21.8. The van der Waals surface area contributed by atoms with Crippen molar-refractivity contribution in [2.45, 2.75) is 118 Å². The Labute approximate surface area is 166 Å². The van der Waals surface area contributed by atoms with Crippen LogP contribution in [0.1, 0.15) is 69.2 Å². The van der Waals surface area contributed by atoms with Crippen LogP contribution in [0.15, 0.2) is 0 Å². The van der Waals surface area contributed by atoms with Crippen LogP contribution in [0.25, 0.3) is 0 Å². The summed E-state index contributed by atoms with van der Waals surface area (Å²) in [5, 5.41) is 0. The van der Waals surface area contributed by atoms with Crippen LogP contribution in [0.5, 0.6) is 0 Å². The molecule has 25 heavy (non-hydrogen) atoms. The Morgan fingerprint density at radius 3 is 0.960 bits per heavy atom. The molecule has 0 heterocycles. The normalized spacial score (nSPS) is 13.9. The van der Waals surface area contributed by atoms with E-state index in [4.69, 9.17) is 10.6 Å². The maximum atomic E-state index is 6.97. The molecule has 4 nitrogen and oxygen atoms in total. The van der Waals surface area contributed by atoms with Crippen LogP contribution in [0.4, 0.5) is 0 Å². The average molecular weight is 472 g/mol. The fourth-order valence-electron chi connectivity index (χ4n) is 3.19. The van der Waals surface area contributed by atoms with Crippen molar-refractivity contribution in [3.63, 3.8) is 0 Å². The molecular weight excluding hydrogens is 428 g/mol. The molecule has 0 spiro atoms. The van der Waals surface area contributed by atoms with E-state index in [1.807, 2.05) is 0 Å². The van der Waals surface area contributed by atoms with Gasteiger partial charge in [0.2, 0.25) is 0 Å². The van der Waals surface area contributed by atoms with E-state index in [1.165, 1.54) is 0 Å². The number of hydrogen-bond acceptors (Lipinski definition) is 4. The molecule has 0 bridgehead atoms. The molecule has 0 saturated heterocycles. The standard InChI is InChI=1S/2C6H15OSi.2C3H7O.Zr/c2*1-4-8(7,5-2)6-3;2*1-3(2)4;/h2*4-6H2,1-3H3;2*3H,1-2H3;/q4*-1;+4. The van der Waals surface area contributed by atoms with Crippen LogP contribution in [0, 0.1) is 0 Å². The van der Waals surface area contributed by atoms with E-state index in [-0.39, 0.29) is 12.2 Å². The molecule has 0 saturated carbocycles. The van der Waals surface area contributed by atoms with Crippen LogP contribution in [0.2, 0.25) is 36.3 Å². The number of hydrogen-bond donors (Lipinski definition) is 0. The van der Waals surface area contributed by atoms with Crippen molar-refractivity contribution < 1.29 is 32.7 Å². The Balaban J connectivity index is 6.02. The second-order valence-electron chi connectivity index (χ2n) is 7.52. The molecule has 0 amide bonds. The van der Waals surface area contributed by atoms with Gasteiger partial charge in [-0.1, -0.05) is 0 Å². The fourth-order valence-corrected chi connectivity index (χ4v) is 28.0. The predicted octanol–water partition coefficient (Wildman–Crippen LogP) is 6.69. The van der Waals surface area contributed by atoms with Crippen molar-refractivity contribution in [3.05, 3.63) is 0 Å². The molecule has 152 valence electrons. The number of rotatable bonds is 14. The molecular formula is C18H44O4Si2Zr. The zero-order valence-corrected chi connectivity index (χ0v) is 23.0. The minimum atomic E-state index is -4.14. The third kappa shape index (κ3) is 7.96. The van der Waals surface area contributed by atoms with E-state index in [2.05, 4.69) is 69.2 Å². The molecule has 0 aromatic heterocycles. The summed E-state index contributed by atoms with van der Waals surface area (Å²) >= 11 is -4.14. The van der Waals surface area contributed by atoms with Gasteiger partial charge in [0.15, 0.2) is 0 Å². The average Bonchev–Trinajstić information content (AvgIpc) is 2.57. The summed E-state index contributed by atoms with van der Waals surface area (Å²) in [5.41, 5.74) is 0. The van der Waals surface area contributed by atoms with Gasteiger partial charge < -0.3 is 0 Å². The monoisotopic (exact) mass is 470 g/mol. The van der Waals surface area contributed by atoms with Crippen LogP contribution in [0.3, 0.4) is 0 Å². The van der Waals surface area contributed by atoms with Crippen molar-refractivity contribution >= 4 is 16.6 Å². The second-order valence-corrected chi connectivity index (χ2v) is 23.5. The van der Waals surface area contributed by atoms with Gasteiger partial charge in [-0.25, -0.2) is 0 Å². The predicted molar refractivity (Wildman–Crippen MR) is 109 cm³/mol. The molecule has 0 unspecified atom stereocenters. The molecule has 0 aliphatic carbocycles. The zero-order valence-electron chi connectivity index (χ0n) is 18.5. The first-order chi connectivity index (χ1) is 11.6. The van der Waals surface area contributed by atoms with Crippen molar-refractivity contribution in [1.82, 2.24) is 0 Å². The van der Waals surface area contributed by atoms with Gasteiger partial charge in [0.25, 0.3) is 0 Å². The van der Waals surface area contributed by atoms with Gasteiger partial charge in [-0.3, -0.25) is 0 Å². The first-order valence-electron chi connectivity index (χ1n) is 10.4. The summed E-state index contributed by atoms with van der Waals surface area (Å²) in [7, 11) is -3.77. The summed E-state index contributed by atoms with van der Waals surface area (Å²) < 4.78 is 26.9. The van der Waals surface area contributed by atoms with Gasteiger partial charge in [0.1, 0.15) is 0 Å². The molecule has 7 heteroatoms. The molecule has 0 aliphatic rings. The summed E-state index contributed by atoms with van der Waals surface area (Å²) in [5.74, 6) is 0. The van der Waals surface area contributed by atoms with Crippen molar-refractivity contribution in [3.8, 4) is 0 Å². The summed E-state index contributed by atoms with van der Waals surface area (Å²) in [6, 6.07) is 6.52. The third-order valence-electron chi connectivity index (χ3n) is 5.31. The van der Waals surface area contributed by atoms with Crippen LogP contribution in [-0.2, 0) is 32.7 Å². The van der Waals surface area contributed by atoms with Crippen molar-refractivity contribution in [2.75, 3.05) is 0 Å². The molecule has 0 rings (SSSR count). The molecule has 0 radical (unpaired) electrons. The van der Waals surface area contributed by atoms with Gasteiger partial charge in [0, 0.05) is 0 Å². The first kappa shape index (κ1) is 26.2. The van der Waals surface area contributed by atoms with Gasteiger partial charge in [-0.05, 0) is 0 Å². The van der Waals surface area contributed by atoms with Crippen LogP contribution < -0.4 is 0 Å². The molecule has 0 aromatic rings. The van der Waals surface area contributed by atoms with Crippen LogP contribution >= 0.6 is 0 Å². The Morgan fingerprint density at radius 1 is 0.560 bits per heavy atom. The van der Waals surface area contributed by atoms with E-state index >= 15 is 0 Å². The van der Waals surface area contributed by atoms with E-state index < -0.39 is 38.7 Å². The van der Waals surface area contributed by atoms with Crippen molar-refractivity contribution in [1.29, 1.82) is 0 Å². The fraction of sp³-hybridized carbons (Fsp3) is 1.00. The van der Waals surface area contributed by atoms with Gasteiger partial charge >= 0.3 is 167 Å². The van der Waals surface area contributed by atoms with E-state index in [1.54, 1.807) is 0 Å². The molecule has 0 N–H and O–H groups in total. The third-order valence-corrected chi connectivity index (χ3v) is 28.2. The molecule has 0 atom stereocenters. The SMILES string of the molecule is CC[Si](CC)(CC)[O][Zr]([O]C(C)C)([O]C(C)C)[O][Si](CC)(CC)CC. The zero-order chi connectivity index (χ0) is 19.7. The van der Waals surface area contributed by atoms with Gasteiger partial charge in [-0.15, -0.1) is 0 Å². The molecule has 0 aliphatic heterocycles. The summed E-state index contributed by atoms with van der Waals surface area (Å²) in [4.78, 5) is 0. The molecule has 0 aromatic carbocycles. The van der Waals surface area contributed by atoms with E-state index in [0.717, 1.165) is 36.3 Å². The molecule has 0 fully saturated rings. The Hall–Kier alpha value is 1.16. The Morgan fingerprint density at radius 2 is 0.800 bits per heavy atom. The second kappa shape index (κ2) is 11.9. The first-order valence-corrected chi connectivity index (χ1v) is 19.4. The maximum absolute atomic E-state index is 6.97. The topological polar surface area (TPSA) is 36.9 Å². The van der Waals surface area contributed by atoms with Crippen molar-refractivity contribution in [2.24, 2.45) is 0 Å². The van der Waals surface area contributed by atoms with Crippen LogP contribution in [-0.4, -0.2) is 28.8 Å². The minimum absolute atomic E-state index is 0.0593. The van der Waals surface area contributed by atoms with E-state index in [9.17, 15) is 0 Å². The van der Waals surface area contributed by atoms with Gasteiger partial charge in [0.05, 0.1) is 0 Å². The van der Waals surface area contributed by atoms with Gasteiger partial charge in [-0.2, -0.15) is 0 Å². The van der Waals surface area contributed by atoms with E-state index in [0.29, 0.717) is 0 Å². The quantitative estimate of drug-likeness (QED) is 0.264. The summed E-state index contributed by atoms with van der Waals surface area (Å²) in [6.07, 6.45) is 0.119. The Bertz CT molecular complexity index is 308. The Kier molecular flexibility index (Phi) is 12.4.